The molecule has 0 bridgehead atoms. The molecule has 0 saturated carbocycles. The summed E-state index contributed by atoms with van der Waals surface area (Å²) in [5.41, 5.74) is -0.486. The SMILES string of the molecule is CC(C)(C)CN(Cc1ncc[nH]1)C(=O)OC(C)(C)C. The fourth-order valence-corrected chi connectivity index (χ4v) is 1.65. The van der Waals surface area contributed by atoms with Crippen LogP contribution in [-0.2, 0) is 11.3 Å². The van der Waals surface area contributed by atoms with E-state index in [2.05, 4.69) is 30.7 Å². The lowest BCUT2D eigenvalue weighted by Gasteiger charge is -2.31. The molecular weight excluding hydrogens is 242 g/mol. The Balaban J connectivity index is 2.77. The third-order valence-electron chi connectivity index (χ3n) is 2.21. The first kappa shape index (κ1) is 15.5. The summed E-state index contributed by atoms with van der Waals surface area (Å²) in [4.78, 5) is 21.1. The largest absolute Gasteiger partial charge is 0.444 e. The molecule has 0 saturated heterocycles. The van der Waals surface area contributed by atoms with Gasteiger partial charge in [-0.15, -0.1) is 0 Å². The van der Waals surface area contributed by atoms with E-state index in [0.717, 1.165) is 5.82 Å². The lowest BCUT2D eigenvalue weighted by Crippen LogP contribution is -2.41. The van der Waals surface area contributed by atoms with Crippen molar-refractivity contribution in [1.82, 2.24) is 14.9 Å². The van der Waals surface area contributed by atoms with Crippen LogP contribution in [0.15, 0.2) is 12.4 Å². The zero-order valence-electron chi connectivity index (χ0n) is 12.8. The Morgan fingerprint density at radius 3 is 2.37 bits per heavy atom. The highest BCUT2D eigenvalue weighted by Crippen LogP contribution is 2.19. The van der Waals surface area contributed by atoms with Crippen molar-refractivity contribution in [2.75, 3.05) is 6.54 Å². The van der Waals surface area contributed by atoms with Crippen LogP contribution in [-0.4, -0.2) is 33.1 Å². The second-order valence-electron chi connectivity index (χ2n) is 6.93. The van der Waals surface area contributed by atoms with Gasteiger partial charge in [0.05, 0.1) is 6.54 Å². The number of carbonyl (C=O) groups excluding carboxylic acids is 1. The number of amides is 1. The molecule has 0 aromatic carbocycles. The molecule has 19 heavy (non-hydrogen) atoms. The third-order valence-corrected chi connectivity index (χ3v) is 2.21. The van der Waals surface area contributed by atoms with Gasteiger partial charge in [0.1, 0.15) is 11.4 Å². The van der Waals surface area contributed by atoms with Crippen LogP contribution in [0.5, 0.6) is 0 Å². The Labute approximate surface area is 115 Å². The van der Waals surface area contributed by atoms with Gasteiger partial charge in [-0.3, -0.25) is 0 Å². The first-order chi connectivity index (χ1) is 8.57. The number of nitrogens with zero attached hydrogens (tertiary/aromatic N) is 2. The molecule has 0 radical (unpaired) electrons. The van der Waals surface area contributed by atoms with Crippen molar-refractivity contribution in [3.05, 3.63) is 18.2 Å². The monoisotopic (exact) mass is 267 g/mol. The van der Waals surface area contributed by atoms with Gasteiger partial charge in [0.2, 0.25) is 0 Å². The number of hydrogen-bond acceptors (Lipinski definition) is 3. The molecular formula is C14H25N3O2. The summed E-state index contributed by atoms with van der Waals surface area (Å²) in [5, 5.41) is 0. The molecule has 108 valence electrons. The van der Waals surface area contributed by atoms with Crippen LogP contribution in [0.25, 0.3) is 0 Å². The molecule has 0 aliphatic rings. The fourth-order valence-electron chi connectivity index (χ4n) is 1.65. The molecule has 1 rings (SSSR count). The van der Waals surface area contributed by atoms with Crippen molar-refractivity contribution >= 4 is 6.09 Å². The molecule has 1 aromatic rings. The molecule has 5 nitrogen and oxygen atoms in total. The summed E-state index contributed by atoms with van der Waals surface area (Å²) in [6.07, 6.45) is 3.12. The average Bonchev–Trinajstić information content (AvgIpc) is 2.64. The van der Waals surface area contributed by atoms with Crippen LogP contribution in [0.2, 0.25) is 0 Å². The minimum absolute atomic E-state index is 0.00347. The standard InChI is InChI=1S/C14H25N3O2/c1-13(2,3)10-17(9-11-15-7-8-16-11)12(18)19-14(4,5)6/h7-8H,9-10H2,1-6H3,(H,15,16). The predicted molar refractivity (Wildman–Crippen MR) is 74.7 cm³/mol. The molecule has 1 amide bonds. The average molecular weight is 267 g/mol. The molecule has 1 aromatic heterocycles. The Hall–Kier alpha value is -1.52. The summed E-state index contributed by atoms with van der Waals surface area (Å²) >= 11 is 0. The highest BCUT2D eigenvalue weighted by Gasteiger charge is 2.26. The quantitative estimate of drug-likeness (QED) is 0.915. The van der Waals surface area contributed by atoms with Crippen LogP contribution >= 0.6 is 0 Å². The molecule has 5 heteroatoms. The molecule has 0 unspecified atom stereocenters. The summed E-state index contributed by atoms with van der Waals surface area (Å²) in [6.45, 7) is 12.9. The van der Waals surface area contributed by atoms with E-state index >= 15 is 0 Å². The van der Waals surface area contributed by atoms with Crippen molar-refractivity contribution in [2.24, 2.45) is 5.41 Å². The first-order valence-corrected chi connectivity index (χ1v) is 6.53. The topological polar surface area (TPSA) is 58.2 Å². The van der Waals surface area contributed by atoms with E-state index in [1.165, 1.54) is 0 Å². The molecule has 0 spiro atoms. The zero-order valence-corrected chi connectivity index (χ0v) is 12.8. The number of nitrogens with one attached hydrogen (secondary N) is 1. The van der Waals surface area contributed by atoms with Gasteiger partial charge in [-0.1, -0.05) is 20.8 Å². The summed E-state index contributed by atoms with van der Waals surface area (Å²) < 4.78 is 5.44. The zero-order chi connectivity index (χ0) is 14.7. The maximum absolute atomic E-state index is 12.2. The second-order valence-corrected chi connectivity index (χ2v) is 6.93. The number of imidazole rings is 1. The van der Waals surface area contributed by atoms with Crippen molar-refractivity contribution < 1.29 is 9.53 Å². The van der Waals surface area contributed by atoms with E-state index in [9.17, 15) is 4.79 Å². The van der Waals surface area contributed by atoms with Gasteiger partial charge in [0.15, 0.2) is 0 Å². The smallest absolute Gasteiger partial charge is 0.410 e. The van der Waals surface area contributed by atoms with E-state index in [4.69, 9.17) is 4.74 Å². The van der Waals surface area contributed by atoms with E-state index in [1.54, 1.807) is 17.3 Å². The van der Waals surface area contributed by atoms with Gasteiger partial charge in [0.25, 0.3) is 0 Å². The van der Waals surface area contributed by atoms with Gasteiger partial charge in [-0.05, 0) is 26.2 Å². The highest BCUT2D eigenvalue weighted by atomic mass is 16.6. The fraction of sp³-hybridized carbons (Fsp3) is 0.714. The number of H-pyrrole nitrogens is 1. The number of aromatic amines is 1. The van der Waals surface area contributed by atoms with Crippen molar-refractivity contribution in [3.8, 4) is 0 Å². The maximum Gasteiger partial charge on any atom is 0.410 e. The van der Waals surface area contributed by atoms with E-state index < -0.39 is 5.60 Å². The Kier molecular flexibility index (Phi) is 4.61. The van der Waals surface area contributed by atoms with Gasteiger partial charge in [0, 0.05) is 18.9 Å². The Morgan fingerprint density at radius 1 is 1.32 bits per heavy atom. The van der Waals surface area contributed by atoms with Gasteiger partial charge in [-0.2, -0.15) is 0 Å². The van der Waals surface area contributed by atoms with E-state index in [0.29, 0.717) is 13.1 Å². The van der Waals surface area contributed by atoms with E-state index in [1.807, 2.05) is 20.8 Å². The van der Waals surface area contributed by atoms with Crippen LogP contribution < -0.4 is 0 Å². The summed E-state index contributed by atoms with van der Waals surface area (Å²) in [5.74, 6) is 0.759. The molecule has 0 aliphatic heterocycles. The molecule has 0 atom stereocenters. The maximum atomic E-state index is 12.2. The van der Waals surface area contributed by atoms with Crippen molar-refractivity contribution in [1.29, 1.82) is 0 Å². The van der Waals surface area contributed by atoms with Crippen molar-refractivity contribution in [2.45, 2.75) is 53.7 Å². The van der Waals surface area contributed by atoms with E-state index in [-0.39, 0.29) is 11.5 Å². The Morgan fingerprint density at radius 2 is 1.95 bits per heavy atom. The van der Waals surface area contributed by atoms with Gasteiger partial charge < -0.3 is 14.6 Å². The number of rotatable bonds is 3. The Bertz CT molecular complexity index is 399. The van der Waals surface area contributed by atoms with Crippen LogP contribution in [0.3, 0.4) is 0 Å². The van der Waals surface area contributed by atoms with Crippen molar-refractivity contribution in [3.63, 3.8) is 0 Å². The van der Waals surface area contributed by atoms with Crippen LogP contribution in [0.4, 0.5) is 4.79 Å². The lowest BCUT2D eigenvalue weighted by molar-refractivity contribution is 0.0164. The number of aromatic nitrogens is 2. The van der Waals surface area contributed by atoms with Gasteiger partial charge >= 0.3 is 6.09 Å². The lowest BCUT2D eigenvalue weighted by atomic mass is 9.96. The number of carbonyl (C=O) groups is 1. The molecule has 1 N–H and O–H groups in total. The summed E-state index contributed by atoms with van der Waals surface area (Å²) in [7, 11) is 0. The molecule has 0 aliphatic carbocycles. The number of ether oxygens (including phenoxy) is 1. The molecule has 1 heterocycles. The van der Waals surface area contributed by atoms with Gasteiger partial charge in [-0.25, -0.2) is 9.78 Å². The minimum atomic E-state index is -0.490. The summed E-state index contributed by atoms with van der Waals surface area (Å²) in [6, 6.07) is 0. The second kappa shape index (κ2) is 5.63. The molecule has 0 fully saturated rings. The van der Waals surface area contributed by atoms with Crippen LogP contribution in [0, 0.1) is 5.41 Å². The minimum Gasteiger partial charge on any atom is -0.444 e. The number of hydrogen-bond donors (Lipinski definition) is 1. The van der Waals surface area contributed by atoms with Crippen LogP contribution in [0.1, 0.15) is 47.4 Å². The predicted octanol–water partition coefficient (Wildman–Crippen LogP) is 3.19. The normalized spacial score (nSPS) is 12.3. The highest BCUT2D eigenvalue weighted by molar-refractivity contribution is 5.68. The first-order valence-electron chi connectivity index (χ1n) is 6.53. The third kappa shape index (κ3) is 6.27.